The lowest BCUT2D eigenvalue weighted by atomic mass is 9.96. The summed E-state index contributed by atoms with van der Waals surface area (Å²) < 4.78 is 0. The van der Waals surface area contributed by atoms with Gasteiger partial charge < -0.3 is 0 Å². The molecule has 0 spiro atoms. The fourth-order valence-corrected chi connectivity index (χ4v) is 2.83. The highest BCUT2D eigenvalue weighted by Gasteiger charge is 2.24. The van der Waals surface area contributed by atoms with Crippen LogP contribution in [0.25, 0.3) is 0 Å². The van der Waals surface area contributed by atoms with Gasteiger partial charge in [-0.05, 0) is 49.3 Å². The lowest BCUT2D eigenvalue weighted by Gasteiger charge is -2.11. The van der Waals surface area contributed by atoms with Gasteiger partial charge in [-0.25, -0.2) is 0 Å². The predicted molar refractivity (Wildman–Crippen MR) is 58.3 cm³/mol. The number of alkyl halides is 1. The molecule has 2 unspecified atom stereocenters. The highest BCUT2D eigenvalue weighted by atomic mass is 79.9. The second kappa shape index (κ2) is 3.79. The predicted octanol–water partition coefficient (Wildman–Crippen LogP) is 3.42. The summed E-state index contributed by atoms with van der Waals surface area (Å²) in [7, 11) is 0. The Morgan fingerprint density at radius 1 is 1.46 bits per heavy atom. The standard InChI is InChI=1S/C11H14BrN/c1-8-4-5-13-7-11(8)9-2-3-10(12)6-9/h4-5,7,9-10H,2-3,6H2,1H3. The SMILES string of the molecule is Cc1ccncc1C1CCC(Br)C1. The van der Waals surface area contributed by atoms with Gasteiger partial charge in [-0.2, -0.15) is 0 Å². The molecule has 1 aromatic rings. The van der Waals surface area contributed by atoms with Crippen LogP contribution in [-0.2, 0) is 0 Å². The minimum atomic E-state index is 0.720. The molecule has 0 N–H and O–H groups in total. The maximum atomic E-state index is 4.20. The maximum Gasteiger partial charge on any atom is 0.0305 e. The zero-order valence-corrected chi connectivity index (χ0v) is 9.42. The molecule has 2 atom stereocenters. The third kappa shape index (κ3) is 1.93. The summed E-state index contributed by atoms with van der Waals surface area (Å²) in [5.41, 5.74) is 2.84. The van der Waals surface area contributed by atoms with E-state index < -0.39 is 0 Å². The fourth-order valence-electron chi connectivity index (χ4n) is 2.11. The van der Waals surface area contributed by atoms with Crippen LogP contribution < -0.4 is 0 Å². The van der Waals surface area contributed by atoms with E-state index in [4.69, 9.17) is 0 Å². The zero-order chi connectivity index (χ0) is 9.26. The van der Waals surface area contributed by atoms with Crippen molar-refractivity contribution in [3.8, 4) is 0 Å². The number of rotatable bonds is 1. The van der Waals surface area contributed by atoms with Crippen LogP contribution in [0.15, 0.2) is 18.5 Å². The Balaban J connectivity index is 2.21. The number of hydrogen-bond acceptors (Lipinski definition) is 1. The number of aryl methyl sites for hydroxylation is 1. The van der Waals surface area contributed by atoms with E-state index >= 15 is 0 Å². The molecule has 1 aromatic heterocycles. The van der Waals surface area contributed by atoms with E-state index in [1.165, 1.54) is 30.4 Å². The molecular weight excluding hydrogens is 226 g/mol. The maximum absolute atomic E-state index is 4.20. The quantitative estimate of drug-likeness (QED) is 0.685. The number of aromatic nitrogens is 1. The second-order valence-electron chi connectivity index (χ2n) is 3.84. The van der Waals surface area contributed by atoms with Crippen molar-refractivity contribution in [2.75, 3.05) is 0 Å². The van der Waals surface area contributed by atoms with Crippen LogP contribution in [0.5, 0.6) is 0 Å². The molecule has 0 aromatic carbocycles. The molecule has 0 amide bonds. The van der Waals surface area contributed by atoms with E-state index in [0.717, 1.165) is 10.7 Å². The summed E-state index contributed by atoms with van der Waals surface area (Å²) in [6.07, 6.45) is 7.79. The van der Waals surface area contributed by atoms with Gasteiger partial charge in [-0.3, -0.25) is 4.98 Å². The Labute approximate surface area is 87.7 Å². The van der Waals surface area contributed by atoms with Crippen molar-refractivity contribution in [2.45, 2.75) is 36.9 Å². The van der Waals surface area contributed by atoms with Crippen LogP contribution in [0.3, 0.4) is 0 Å². The smallest absolute Gasteiger partial charge is 0.0305 e. The Bertz CT molecular complexity index is 298. The summed E-state index contributed by atoms with van der Waals surface area (Å²) in [6.45, 7) is 2.18. The number of hydrogen-bond donors (Lipinski definition) is 0. The molecule has 0 bridgehead atoms. The van der Waals surface area contributed by atoms with Crippen molar-refractivity contribution < 1.29 is 0 Å². The largest absolute Gasteiger partial charge is 0.264 e. The lowest BCUT2D eigenvalue weighted by molar-refractivity contribution is 0.716. The van der Waals surface area contributed by atoms with Gasteiger partial charge in [0.2, 0.25) is 0 Å². The molecule has 1 saturated carbocycles. The first kappa shape index (κ1) is 9.20. The van der Waals surface area contributed by atoms with Gasteiger partial charge in [0.25, 0.3) is 0 Å². The monoisotopic (exact) mass is 239 g/mol. The molecule has 13 heavy (non-hydrogen) atoms. The normalized spacial score (nSPS) is 27.8. The second-order valence-corrected chi connectivity index (χ2v) is 5.13. The molecule has 2 rings (SSSR count). The van der Waals surface area contributed by atoms with Gasteiger partial charge in [0, 0.05) is 17.2 Å². The van der Waals surface area contributed by atoms with E-state index in [-0.39, 0.29) is 0 Å². The minimum Gasteiger partial charge on any atom is -0.264 e. The van der Waals surface area contributed by atoms with Crippen LogP contribution in [-0.4, -0.2) is 9.81 Å². The molecule has 0 aliphatic heterocycles. The average Bonchev–Trinajstić information content (AvgIpc) is 2.53. The summed E-state index contributed by atoms with van der Waals surface area (Å²) >= 11 is 3.68. The Morgan fingerprint density at radius 2 is 2.31 bits per heavy atom. The van der Waals surface area contributed by atoms with Crippen molar-refractivity contribution in [3.05, 3.63) is 29.6 Å². The number of pyridine rings is 1. The van der Waals surface area contributed by atoms with Gasteiger partial charge >= 0.3 is 0 Å². The minimum absolute atomic E-state index is 0.720. The van der Waals surface area contributed by atoms with Crippen molar-refractivity contribution in [1.82, 2.24) is 4.98 Å². The van der Waals surface area contributed by atoms with E-state index in [0.29, 0.717) is 0 Å². The molecule has 0 radical (unpaired) electrons. The summed E-state index contributed by atoms with van der Waals surface area (Å²) in [5.74, 6) is 0.734. The highest BCUT2D eigenvalue weighted by molar-refractivity contribution is 9.09. The van der Waals surface area contributed by atoms with Crippen molar-refractivity contribution >= 4 is 15.9 Å². The van der Waals surface area contributed by atoms with Crippen LogP contribution in [0.2, 0.25) is 0 Å². The molecule has 1 heterocycles. The van der Waals surface area contributed by atoms with Crippen molar-refractivity contribution in [3.63, 3.8) is 0 Å². The highest BCUT2D eigenvalue weighted by Crippen LogP contribution is 2.38. The first-order valence-corrected chi connectivity index (χ1v) is 5.73. The number of halogens is 1. The first-order valence-electron chi connectivity index (χ1n) is 4.82. The summed E-state index contributed by atoms with van der Waals surface area (Å²) in [6, 6.07) is 2.11. The van der Waals surface area contributed by atoms with E-state index in [2.05, 4.69) is 33.9 Å². The van der Waals surface area contributed by atoms with E-state index in [1.54, 1.807) is 0 Å². The van der Waals surface area contributed by atoms with Crippen LogP contribution in [0.1, 0.15) is 36.3 Å². The Kier molecular flexibility index (Phi) is 2.68. The lowest BCUT2D eigenvalue weighted by Crippen LogP contribution is -1.97. The molecular formula is C11H14BrN. The van der Waals surface area contributed by atoms with Gasteiger partial charge in [0.05, 0.1) is 0 Å². The van der Waals surface area contributed by atoms with Crippen LogP contribution in [0.4, 0.5) is 0 Å². The molecule has 1 nitrogen and oxygen atoms in total. The average molecular weight is 240 g/mol. The van der Waals surface area contributed by atoms with Gasteiger partial charge in [-0.1, -0.05) is 15.9 Å². The van der Waals surface area contributed by atoms with Crippen molar-refractivity contribution in [2.24, 2.45) is 0 Å². The molecule has 1 aliphatic rings. The summed E-state index contributed by atoms with van der Waals surface area (Å²) in [4.78, 5) is 4.92. The van der Waals surface area contributed by atoms with Gasteiger partial charge in [0.1, 0.15) is 0 Å². The van der Waals surface area contributed by atoms with Gasteiger partial charge in [0.15, 0.2) is 0 Å². The Hall–Kier alpha value is -0.370. The summed E-state index contributed by atoms with van der Waals surface area (Å²) in [5, 5.41) is 0. The molecule has 1 fully saturated rings. The zero-order valence-electron chi connectivity index (χ0n) is 7.83. The molecule has 2 heteroatoms. The number of nitrogens with zero attached hydrogens (tertiary/aromatic N) is 1. The van der Waals surface area contributed by atoms with Crippen LogP contribution in [0, 0.1) is 6.92 Å². The molecule has 1 aliphatic carbocycles. The van der Waals surface area contributed by atoms with E-state index in [9.17, 15) is 0 Å². The fraction of sp³-hybridized carbons (Fsp3) is 0.545. The van der Waals surface area contributed by atoms with Crippen LogP contribution >= 0.6 is 15.9 Å². The van der Waals surface area contributed by atoms with Gasteiger partial charge in [-0.15, -0.1) is 0 Å². The first-order chi connectivity index (χ1) is 6.27. The van der Waals surface area contributed by atoms with Crippen molar-refractivity contribution in [1.29, 1.82) is 0 Å². The van der Waals surface area contributed by atoms with E-state index in [1.807, 2.05) is 12.4 Å². The molecule has 0 saturated heterocycles. The third-order valence-corrected chi connectivity index (χ3v) is 3.72. The topological polar surface area (TPSA) is 12.9 Å². The molecule has 70 valence electrons. The third-order valence-electron chi connectivity index (χ3n) is 2.89. The Morgan fingerprint density at radius 3 is 2.92 bits per heavy atom.